The molecular weight excluding hydrogens is 244 g/mol. The monoisotopic (exact) mass is 268 g/mol. The van der Waals surface area contributed by atoms with Crippen LogP contribution in [-0.2, 0) is 9.59 Å². The van der Waals surface area contributed by atoms with Gasteiger partial charge in [-0.25, -0.2) is 0 Å². The Kier molecular flexibility index (Phi) is 5.19. The van der Waals surface area contributed by atoms with Crippen molar-refractivity contribution in [3.8, 4) is 0 Å². The zero-order chi connectivity index (χ0) is 13.7. The predicted octanol–water partition coefficient (Wildman–Crippen LogP) is 1.28. The minimum absolute atomic E-state index is 0.172. The van der Waals surface area contributed by atoms with Crippen LogP contribution in [0.2, 0.25) is 0 Å². The van der Waals surface area contributed by atoms with Crippen LogP contribution in [0.15, 0.2) is 0 Å². The Hall–Kier alpha value is -1.10. The molecule has 0 aromatic heterocycles. The van der Waals surface area contributed by atoms with E-state index in [1.165, 1.54) is 6.42 Å². The first-order valence-corrected chi connectivity index (χ1v) is 7.42. The number of carbonyl (C=O) groups is 2. The summed E-state index contributed by atoms with van der Waals surface area (Å²) in [6.07, 6.45) is 7.20. The van der Waals surface area contributed by atoms with Gasteiger partial charge >= 0.3 is 5.97 Å². The third kappa shape index (κ3) is 4.20. The van der Waals surface area contributed by atoms with Gasteiger partial charge < -0.3 is 15.7 Å². The highest BCUT2D eigenvalue weighted by Gasteiger charge is 2.42. The average molecular weight is 268 g/mol. The second kappa shape index (κ2) is 6.89. The van der Waals surface area contributed by atoms with Gasteiger partial charge in [-0.15, -0.1) is 0 Å². The Morgan fingerprint density at radius 1 is 1.16 bits per heavy atom. The largest absolute Gasteiger partial charge is 0.481 e. The van der Waals surface area contributed by atoms with E-state index in [1.54, 1.807) is 0 Å². The molecule has 2 fully saturated rings. The lowest BCUT2D eigenvalue weighted by Gasteiger charge is -2.19. The Morgan fingerprint density at radius 3 is 2.58 bits per heavy atom. The fourth-order valence-corrected chi connectivity index (χ4v) is 3.21. The lowest BCUT2D eigenvalue weighted by molar-refractivity contribution is -0.137. The number of hydrogen-bond acceptors (Lipinski definition) is 3. The smallest absolute Gasteiger partial charge is 0.303 e. The van der Waals surface area contributed by atoms with E-state index in [9.17, 15) is 9.59 Å². The Labute approximate surface area is 114 Å². The van der Waals surface area contributed by atoms with Crippen LogP contribution in [-0.4, -0.2) is 35.6 Å². The molecule has 0 aromatic rings. The van der Waals surface area contributed by atoms with E-state index in [0.29, 0.717) is 12.1 Å². The second-order valence-electron chi connectivity index (χ2n) is 5.74. The van der Waals surface area contributed by atoms with Crippen LogP contribution in [0.5, 0.6) is 0 Å². The van der Waals surface area contributed by atoms with Crippen LogP contribution in [0.4, 0.5) is 0 Å². The van der Waals surface area contributed by atoms with Crippen molar-refractivity contribution in [2.24, 2.45) is 5.92 Å². The van der Waals surface area contributed by atoms with Crippen LogP contribution in [0.1, 0.15) is 51.4 Å². The zero-order valence-corrected chi connectivity index (χ0v) is 11.4. The van der Waals surface area contributed by atoms with Gasteiger partial charge in [-0.2, -0.15) is 0 Å². The van der Waals surface area contributed by atoms with Crippen molar-refractivity contribution in [2.75, 3.05) is 6.54 Å². The number of unbranched alkanes of at least 4 members (excludes halogenated alkanes) is 3. The number of nitrogens with one attached hydrogen (secondary N) is 2. The third-order valence-electron chi connectivity index (χ3n) is 4.25. The summed E-state index contributed by atoms with van der Waals surface area (Å²) in [6.45, 7) is 0.722. The van der Waals surface area contributed by atoms with Gasteiger partial charge in [0.2, 0.25) is 5.91 Å². The SMILES string of the molecule is O=C(O)CCCCCCNC(=O)C1CC2CCC1N2. The Bertz CT molecular complexity index is 333. The molecule has 19 heavy (non-hydrogen) atoms. The molecule has 0 spiro atoms. The number of hydrogen-bond donors (Lipinski definition) is 3. The Balaban J connectivity index is 1.49. The molecule has 2 heterocycles. The van der Waals surface area contributed by atoms with E-state index in [-0.39, 0.29) is 18.2 Å². The third-order valence-corrected chi connectivity index (χ3v) is 4.25. The molecule has 2 aliphatic heterocycles. The minimum atomic E-state index is -0.725. The van der Waals surface area contributed by atoms with Crippen LogP contribution >= 0.6 is 0 Å². The molecule has 2 saturated heterocycles. The summed E-state index contributed by atoms with van der Waals surface area (Å²) >= 11 is 0. The number of carboxylic acids is 1. The van der Waals surface area contributed by atoms with Crippen molar-refractivity contribution in [3.63, 3.8) is 0 Å². The van der Waals surface area contributed by atoms with Crippen LogP contribution in [0.3, 0.4) is 0 Å². The predicted molar refractivity (Wildman–Crippen MR) is 71.8 cm³/mol. The van der Waals surface area contributed by atoms with Crippen molar-refractivity contribution >= 4 is 11.9 Å². The number of fused-ring (bicyclic) bond motifs is 2. The van der Waals surface area contributed by atoms with Crippen LogP contribution in [0, 0.1) is 5.92 Å². The number of carboxylic acid groups (broad SMARTS) is 1. The van der Waals surface area contributed by atoms with Gasteiger partial charge in [0.05, 0.1) is 5.92 Å². The number of aliphatic carboxylic acids is 1. The van der Waals surface area contributed by atoms with E-state index in [4.69, 9.17) is 5.11 Å². The maximum Gasteiger partial charge on any atom is 0.303 e. The summed E-state index contributed by atoms with van der Waals surface area (Å²) in [4.78, 5) is 22.3. The summed E-state index contributed by atoms with van der Waals surface area (Å²) in [5, 5.41) is 15.0. The van der Waals surface area contributed by atoms with Gasteiger partial charge in [0.15, 0.2) is 0 Å². The lowest BCUT2D eigenvalue weighted by Crippen LogP contribution is -2.37. The fraction of sp³-hybridized carbons (Fsp3) is 0.857. The standard InChI is InChI=1S/C14H24N2O3/c17-13(18)5-3-1-2-4-8-15-14(19)11-9-10-6-7-12(11)16-10/h10-12,16H,1-9H2,(H,15,19)(H,17,18). The molecule has 2 aliphatic rings. The summed E-state index contributed by atoms with van der Waals surface area (Å²) in [7, 11) is 0. The van der Waals surface area contributed by atoms with Crippen molar-refractivity contribution in [3.05, 3.63) is 0 Å². The van der Waals surface area contributed by atoms with E-state index in [1.807, 2.05) is 0 Å². The molecule has 108 valence electrons. The van der Waals surface area contributed by atoms with Crippen molar-refractivity contribution in [2.45, 2.75) is 63.5 Å². The highest BCUT2D eigenvalue weighted by Crippen LogP contribution is 2.33. The molecule has 3 N–H and O–H groups in total. The highest BCUT2D eigenvalue weighted by molar-refractivity contribution is 5.80. The maximum absolute atomic E-state index is 12.0. The fourth-order valence-electron chi connectivity index (χ4n) is 3.21. The Morgan fingerprint density at radius 2 is 1.95 bits per heavy atom. The molecule has 2 rings (SSSR count). The summed E-state index contributed by atoms with van der Waals surface area (Å²) in [5.41, 5.74) is 0. The molecule has 0 radical (unpaired) electrons. The molecule has 0 saturated carbocycles. The van der Waals surface area contributed by atoms with Crippen LogP contribution in [0.25, 0.3) is 0 Å². The first kappa shape index (κ1) is 14.3. The van der Waals surface area contributed by atoms with Crippen LogP contribution < -0.4 is 10.6 Å². The molecule has 0 aromatic carbocycles. The van der Waals surface area contributed by atoms with E-state index < -0.39 is 5.97 Å². The minimum Gasteiger partial charge on any atom is -0.481 e. The van der Waals surface area contributed by atoms with E-state index in [2.05, 4.69) is 10.6 Å². The molecule has 5 nitrogen and oxygen atoms in total. The van der Waals surface area contributed by atoms with Gasteiger partial charge in [0.1, 0.15) is 0 Å². The molecular formula is C14H24N2O3. The average Bonchev–Trinajstić information content (AvgIpc) is 2.99. The second-order valence-corrected chi connectivity index (χ2v) is 5.74. The molecule has 5 heteroatoms. The molecule has 1 amide bonds. The molecule has 2 bridgehead atoms. The molecule has 3 atom stereocenters. The maximum atomic E-state index is 12.0. The van der Waals surface area contributed by atoms with Gasteiger partial charge in [-0.3, -0.25) is 9.59 Å². The first-order valence-electron chi connectivity index (χ1n) is 7.42. The number of carbonyl (C=O) groups excluding carboxylic acids is 1. The van der Waals surface area contributed by atoms with Crippen molar-refractivity contribution < 1.29 is 14.7 Å². The van der Waals surface area contributed by atoms with E-state index in [0.717, 1.165) is 45.1 Å². The lowest BCUT2D eigenvalue weighted by atomic mass is 9.88. The normalized spacial score (nSPS) is 28.5. The van der Waals surface area contributed by atoms with Gasteiger partial charge in [0, 0.05) is 25.0 Å². The highest BCUT2D eigenvalue weighted by atomic mass is 16.4. The van der Waals surface area contributed by atoms with E-state index >= 15 is 0 Å². The summed E-state index contributed by atoms with van der Waals surface area (Å²) < 4.78 is 0. The summed E-state index contributed by atoms with van der Waals surface area (Å²) in [5.74, 6) is -0.354. The first-order chi connectivity index (χ1) is 9.16. The topological polar surface area (TPSA) is 78.4 Å². The van der Waals surface area contributed by atoms with Crippen molar-refractivity contribution in [1.29, 1.82) is 0 Å². The molecule has 3 unspecified atom stereocenters. The summed E-state index contributed by atoms with van der Waals surface area (Å²) in [6, 6.07) is 0.970. The van der Waals surface area contributed by atoms with Gasteiger partial charge in [0.25, 0.3) is 0 Å². The zero-order valence-electron chi connectivity index (χ0n) is 11.4. The van der Waals surface area contributed by atoms with Crippen molar-refractivity contribution in [1.82, 2.24) is 10.6 Å². The van der Waals surface area contributed by atoms with Gasteiger partial charge in [-0.1, -0.05) is 12.8 Å². The number of rotatable bonds is 8. The number of amides is 1. The molecule has 0 aliphatic carbocycles. The quantitative estimate of drug-likeness (QED) is 0.579. The van der Waals surface area contributed by atoms with Gasteiger partial charge in [-0.05, 0) is 32.1 Å².